The van der Waals surface area contributed by atoms with Gasteiger partial charge in [0.05, 0.1) is 17.6 Å². The Morgan fingerprint density at radius 2 is 2.12 bits per heavy atom. The van der Waals surface area contributed by atoms with Crippen molar-refractivity contribution in [2.75, 3.05) is 7.11 Å². The normalized spacial score (nSPS) is 14.5. The van der Waals surface area contributed by atoms with Gasteiger partial charge < -0.3 is 10.5 Å². The van der Waals surface area contributed by atoms with Crippen LogP contribution in [0.4, 0.5) is 14.5 Å². The lowest BCUT2D eigenvalue weighted by atomic mass is 9.93. The molecule has 5 nitrogen and oxygen atoms in total. The van der Waals surface area contributed by atoms with Crippen molar-refractivity contribution in [3.63, 3.8) is 0 Å². The van der Waals surface area contributed by atoms with Crippen molar-refractivity contribution in [3.8, 4) is 5.75 Å². The highest BCUT2D eigenvalue weighted by Gasteiger charge is 2.33. The van der Waals surface area contributed by atoms with Crippen molar-refractivity contribution in [1.82, 2.24) is 0 Å². The Balaban J connectivity index is 3.27. The summed E-state index contributed by atoms with van der Waals surface area (Å²) in [6.07, 6.45) is -2.78. The summed E-state index contributed by atoms with van der Waals surface area (Å²) in [5.41, 5.74) is 3.37. The second-order valence-corrected chi connectivity index (χ2v) is 3.73. The monoisotopic (exact) mass is 246 g/mol. The van der Waals surface area contributed by atoms with Crippen LogP contribution in [-0.4, -0.2) is 18.5 Å². The van der Waals surface area contributed by atoms with Crippen molar-refractivity contribution < 1.29 is 18.4 Å². The van der Waals surface area contributed by atoms with Crippen LogP contribution in [0.2, 0.25) is 0 Å². The summed E-state index contributed by atoms with van der Waals surface area (Å²) in [6.45, 7) is 1.15. The molecule has 1 unspecified atom stereocenters. The third kappa shape index (κ3) is 2.50. The molecule has 0 amide bonds. The quantitative estimate of drug-likeness (QED) is 0.651. The molecule has 0 aliphatic rings. The largest absolute Gasteiger partial charge is 0.490 e. The zero-order valence-corrected chi connectivity index (χ0v) is 9.31. The Hall–Kier alpha value is -1.76. The van der Waals surface area contributed by atoms with Crippen LogP contribution < -0.4 is 10.5 Å². The molecule has 0 aliphatic carbocycles. The first-order valence-corrected chi connectivity index (χ1v) is 4.70. The van der Waals surface area contributed by atoms with Crippen LogP contribution in [0.25, 0.3) is 0 Å². The predicted octanol–water partition coefficient (Wildman–Crippen LogP) is 2.04. The average molecular weight is 246 g/mol. The van der Waals surface area contributed by atoms with Gasteiger partial charge in [0.25, 0.3) is 6.43 Å². The molecule has 0 bridgehead atoms. The SMILES string of the molecule is COc1cc(C(C)(N)C(F)F)ccc1[N+](=O)[O-]. The van der Waals surface area contributed by atoms with Gasteiger partial charge in [0.2, 0.25) is 0 Å². The van der Waals surface area contributed by atoms with E-state index in [1.54, 1.807) is 0 Å². The van der Waals surface area contributed by atoms with Crippen molar-refractivity contribution in [1.29, 1.82) is 0 Å². The summed E-state index contributed by atoms with van der Waals surface area (Å²) in [7, 11) is 1.22. The van der Waals surface area contributed by atoms with Gasteiger partial charge >= 0.3 is 5.69 Å². The Kier molecular flexibility index (Phi) is 3.62. The van der Waals surface area contributed by atoms with Crippen molar-refractivity contribution in [2.45, 2.75) is 18.9 Å². The predicted molar refractivity (Wildman–Crippen MR) is 57.2 cm³/mol. The number of rotatable bonds is 4. The number of halogens is 2. The van der Waals surface area contributed by atoms with E-state index in [1.807, 2.05) is 0 Å². The van der Waals surface area contributed by atoms with Gasteiger partial charge in [-0.15, -0.1) is 0 Å². The molecular formula is C10H12F2N2O3. The number of hydrogen-bond donors (Lipinski definition) is 1. The van der Waals surface area contributed by atoms with Gasteiger partial charge in [-0.3, -0.25) is 10.1 Å². The highest BCUT2D eigenvalue weighted by atomic mass is 19.3. The Labute approximate surface area is 96.3 Å². The summed E-state index contributed by atoms with van der Waals surface area (Å²) in [6, 6.07) is 3.46. The summed E-state index contributed by atoms with van der Waals surface area (Å²) in [4.78, 5) is 9.97. The van der Waals surface area contributed by atoms with Crippen LogP contribution in [-0.2, 0) is 5.54 Å². The molecule has 1 aromatic rings. The van der Waals surface area contributed by atoms with E-state index < -0.39 is 16.9 Å². The third-order valence-electron chi connectivity index (χ3n) is 2.45. The highest BCUT2D eigenvalue weighted by molar-refractivity contribution is 5.49. The van der Waals surface area contributed by atoms with E-state index in [0.717, 1.165) is 19.1 Å². The molecule has 0 fully saturated rings. The van der Waals surface area contributed by atoms with Crippen LogP contribution >= 0.6 is 0 Å². The number of nitro groups is 1. The molecule has 0 saturated carbocycles. The number of nitrogens with two attached hydrogens (primary N) is 1. The van der Waals surface area contributed by atoms with Crippen LogP contribution in [0.1, 0.15) is 12.5 Å². The number of methoxy groups -OCH3 is 1. The number of benzene rings is 1. The molecule has 0 heterocycles. The summed E-state index contributed by atoms with van der Waals surface area (Å²) in [5, 5.41) is 10.6. The van der Waals surface area contributed by atoms with Crippen LogP contribution in [0, 0.1) is 10.1 Å². The fourth-order valence-corrected chi connectivity index (χ4v) is 1.29. The molecular weight excluding hydrogens is 234 g/mol. The third-order valence-corrected chi connectivity index (χ3v) is 2.45. The van der Waals surface area contributed by atoms with E-state index in [2.05, 4.69) is 0 Å². The maximum Gasteiger partial charge on any atom is 0.310 e. The molecule has 0 aliphatic heterocycles. The molecule has 2 N–H and O–H groups in total. The first kappa shape index (κ1) is 13.3. The minimum atomic E-state index is -2.78. The number of alkyl halides is 2. The number of ether oxygens (including phenoxy) is 1. The van der Waals surface area contributed by atoms with E-state index in [4.69, 9.17) is 10.5 Å². The summed E-state index contributed by atoms with van der Waals surface area (Å²) >= 11 is 0. The maximum absolute atomic E-state index is 12.7. The summed E-state index contributed by atoms with van der Waals surface area (Å²) < 4.78 is 30.2. The van der Waals surface area contributed by atoms with E-state index in [-0.39, 0.29) is 17.0 Å². The van der Waals surface area contributed by atoms with Gasteiger partial charge in [-0.1, -0.05) is 0 Å². The maximum atomic E-state index is 12.7. The van der Waals surface area contributed by atoms with E-state index in [0.29, 0.717) is 0 Å². The molecule has 1 atom stereocenters. The first-order chi connectivity index (χ1) is 7.80. The minimum Gasteiger partial charge on any atom is -0.490 e. The second-order valence-electron chi connectivity index (χ2n) is 3.73. The fraction of sp³-hybridized carbons (Fsp3) is 0.400. The molecule has 0 saturated heterocycles. The van der Waals surface area contributed by atoms with Gasteiger partial charge in [0, 0.05) is 6.07 Å². The lowest BCUT2D eigenvalue weighted by Gasteiger charge is -2.24. The Morgan fingerprint density at radius 3 is 2.53 bits per heavy atom. The smallest absolute Gasteiger partial charge is 0.310 e. The van der Waals surface area contributed by atoms with Gasteiger partial charge in [0.1, 0.15) is 0 Å². The zero-order chi connectivity index (χ0) is 13.2. The minimum absolute atomic E-state index is 0.0787. The van der Waals surface area contributed by atoms with Gasteiger partial charge in [-0.25, -0.2) is 8.78 Å². The van der Waals surface area contributed by atoms with Crippen molar-refractivity contribution in [2.24, 2.45) is 5.73 Å². The van der Waals surface area contributed by atoms with E-state index in [9.17, 15) is 18.9 Å². The fourth-order valence-electron chi connectivity index (χ4n) is 1.29. The topological polar surface area (TPSA) is 78.4 Å². The lowest BCUT2D eigenvalue weighted by Crippen LogP contribution is -2.40. The zero-order valence-electron chi connectivity index (χ0n) is 9.31. The number of nitro benzene ring substituents is 1. The molecule has 1 aromatic carbocycles. The molecule has 94 valence electrons. The van der Waals surface area contributed by atoms with Crippen LogP contribution in [0.5, 0.6) is 5.75 Å². The number of nitrogens with zero attached hydrogens (tertiary/aromatic N) is 1. The summed E-state index contributed by atoms with van der Waals surface area (Å²) in [5.74, 6) is -0.0928. The molecule has 7 heteroatoms. The second kappa shape index (κ2) is 4.62. The molecule has 1 rings (SSSR count). The van der Waals surface area contributed by atoms with E-state index in [1.165, 1.54) is 13.2 Å². The standard InChI is InChI=1S/C10H12F2N2O3/c1-10(13,9(11)12)6-3-4-7(14(15)16)8(5-6)17-2/h3-5,9H,13H2,1-2H3. The van der Waals surface area contributed by atoms with Crippen molar-refractivity contribution in [3.05, 3.63) is 33.9 Å². The molecule has 17 heavy (non-hydrogen) atoms. The Morgan fingerprint density at radius 1 is 1.53 bits per heavy atom. The van der Waals surface area contributed by atoms with Crippen LogP contribution in [0.3, 0.4) is 0 Å². The lowest BCUT2D eigenvalue weighted by molar-refractivity contribution is -0.385. The van der Waals surface area contributed by atoms with E-state index >= 15 is 0 Å². The highest BCUT2D eigenvalue weighted by Crippen LogP contribution is 2.33. The molecule has 0 aromatic heterocycles. The van der Waals surface area contributed by atoms with Gasteiger partial charge in [-0.05, 0) is 24.6 Å². The Bertz CT molecular complexity index is 436. The van der Waals surface area contributed by atoms with Crippen molar-refractivity contribution >= 4 is 5.69 Å². The number of hydrogen-bond acceptors (Lipinski definition) is 4. The molecule has 0 spiro atoms. The van der Waals surface area contributed by atoms with Gasteiger partial charge in [0.15, 0.2) is 5.75 Å². The first-order valence-electron chi connectivity index (χ1n) is 4.70. The average Bonchev–Trinajstić information content (AvgIpc) is 2.27. The van der Waals surface area contributed by atoms with Gasteiger partial charge in [-0.2, -0.15) is 0 Å². The molecule has 0 radical (unpaired) electrons. The van der Waals surface area contributed by atoms with Crippen LogP contribution in [0.15, 0.2) is 18.2 Å².